The number of carbonyl (C=O) groups is 1. The maximum atomic E-state index is 12.0. The topological polar surface area (TPSA) is 20.3 Å². The molecule has 0 saturated carbocycles. The van der Waals surface area contributed by atoms with Gasteiger partial charge in [0.1, 0.15) is 0 Å². The highest BCUT2D eigenvalue weighted by Gasteiger charge is 2.24. The van der Waals surface area contributed by atoms with Gasteiger partial charge in [0, 0.05) is 25.4 Å². The van der Waals surface area contributed by atoms with Crippen molar-refractivity contribution in [1.82, 2.24) is 4.90 Å². The van der Waals surface area contributed by atoms with Gasteiger partial charge in [0.2, 0.25) is 5.91 Å². The van der Waals surface area contributed by atoms with Gasteiger partial charge in [-0.25, -0.2) is 0 Å². The predicted octanol–water partition coefficient (Wildman–Crippen LogP) is 3.01. The molecule has 1 amide bonds. The summed E-state index contributed by atoms with van der Waals surface area (Å²) in [6.07, 6.45) is 2.50. The van der Waals surface area contributed by atoms with E-state index in [-0.39, 0.29) is 5.91 Å². The van der Waals surface area contributed by atoms with Crippen molar-refractivity contribution in [1.29, 1.82) is 0 Å². The molecular formula is C15H20ClNO. The van der Waals surface area contributed by atoms with Crippen molar-refractivity contribution in [3.05, 3.63) is 35.4 Å². The second kappa shape index (κ2) is 6.24. The number of benzene rings is 1. The smallest absolute Gasteiger partial charge is 0.222 e. The van der Waals surface area contributed by atoms with Crippen molar-refractivity contribution < 1.29 is 4.79 Å². The highest BCUT2D eigenvalue weighted by molar-refractivity contribution is 6.18. The lowest BCUT2D eigenvalue weighted by atomic mass is 10.1. The number of alkyl halides is 1. The molecule has 1 aromatic carbocycles. The highest BCUT2D eigenvalue weighted by Crippen LogP contribution is 2.18. The highest BCUT2D eigenvalue weighted by atomic mass is 35.5. The third-order valence-electron chi connectivity index (χ3n) is 3.60. The molecular weight excluding hydrogens is 246 g/mol. The first kappa shape index (κ1) is 13.4. The molecule has 1 aliphatic rings. The Morgan fingerprint density at radius 1 is 1.39 bits per heavy atom. The fraction of sp³-hybridized carbons (Fsp3) is 0.533. The largest absolute Gasteiger partial charge is 0.342 e. The third-order valence-corrected chi connectivity index (χ3v) is 4.04. The van der Waals surface area contributed by atoms with Crippen molar-refractivity contribution in [2.75, 3.05) is 19.0 Å². The molecule has 0 spiro atoms. The third kappa shape index (κ3) is 3.49. The van der Waals surface area contributed by atoms with Crippen LogP contribution in [0.4, 0.5) is 0 Å². The number of likely N-dealkylation sites (tertiary alicyclic amines) is 1. The van der Waals surface area contributed by atoms with Gasteiger partial charge in [0.15, 0.2) is 0 Å². The summed E-state index contributed by atoms with van der Waals surface area (Å²) < 4.78 is 0. The summed E-state index contributed by atoms with van der Waals surface area (Å²) in [6.45, 7) is 3.80. The summed E-state index contributed by atoms with van der Waals surface area (Å²) in [6, 6.07) is 8.40. The molecule has 1 aliphatic heterocycles. The minimum absolute atomic E-state index is 0.267. The summed E-state index contributed by atoms with van der Waals surface area (Å²) in [7, 11) is 0. The molecule has 1 fully saturated rings. The summed E-state index contributed by atoms with van der Waals surface area (Å²) in [5, 5.41) is 0. The average molecular weight is 266 g/mol. The Hall–Kier alpha value is -1.02. The lowest BCUT2D eigenvalue weighted by molar-refractivity contribution is -0.130. The van der Waals surface area contributed by atoms with E-state index in [0.717, 1.165) is 25.9 Å². The minimum Gasteiger partial charge on any atom is -0.342 e. The van der Waals surface area contributed by atoms with Gasteiger partial charge >= 0.3 is 0 Å². The zero-order valence-corrected chi connectivity index (χ0v) is 11.6. The van der Waals surface area contributed by atoms with Gasteiger partial charge in [-0.3, -0.25) is 4.79 Å². The molecule has 3 heteroatoms. The van der Waals surface area contributed by atoms with E-state index in [2.05, 4.69) is 31.2 Å². The lowest BCUT2D eigenvalue weighted by Gasteiger charge is -2.16. The molecule has 0 radical (unpaired) electrons. The summed E-state index contributed by atoms with van der Waals surface area (Å²) in [5.74, 6) is 1.43. The van der Waals surface area contributed by atoms with Crippen molar-refractivity contribution >= 4 is 17.5 Å². The molecule has 0 N–H and O–H groups in total. The van der Waals surface area contributed by atoms with E-state index in [9.17, 15) is 4.79 Å². The Bertz CT molecular complexity index is 401. The normalized spacial score (nSPS) is 19.2. The van der Waals surface area contributed by atoms with Crippen molar-refractivity contribution in [2.45, 2.75) is 26.2 Å². The van der Waals surface area contributed by atoms with E-state index < -0.39 is 0 Å². The fourth-order valence-electron chi connectivity index (χ4n) is 2.35. The van der Waals surface area contributed by atoms with Crippen LogP contribution < -0.4 is 0 Å². The number of rotatable bonds is 4. The number of hydrogen-bond donors (Lipinski definition) is 0. The first-order valence-corrected chi connectivity index (χ1v) is 7.12. The SMILES string of the molecule is Cc1ccc(CCC(=O)N2CCC(CCl)C2)cc1. The van der Waals surface area contributed by atoms with Gasteiger partial charge in [-0.2, -0.15) is 0 Å². The van der Waals surface area contributed by atoms with Crippen LogP contribution in [0.25, 0.3) is 0 Å². The molecule has 1 heterocycles. The Morgan fingerprint density at radius 3 is 2.72 bits per heavy atom. The standard InChI is InChI=1S/C15H20ClNO/c1-12-2-4-13(5-3-12)6-7-15(18)17-9-8-14(10-16)11-17/h2-5,14H,6-11H2,1H3. The lowest BCUT2D eigenvalue weighted by Crippen LogP contribution is -2.29. The van der Waals surface area contributed by atoms with Crippen LogP contribution in [-0.2, 0) is 11.2 Å². The predicted molar refractivity (Wildman–Crippen MR) is 74.9 cm³/mol. The van der Waals surface area contributed by atoms with E-state index in [1.165, 1.54) is 11.1 Å². The Kier molecular flexibility index (Phi) is 4.65. The van der Waals surface area contributed by atoms with Crippen molar-refractivity contribution in [3.8, 4) is 0 Å². The van der Waals surface area contributed by atoms with Crippen molar-refractivity contribution in [3.63, 3.8) is 0 Å². The molecule has 1 atom stereocenters. The van der Waals surface area contributed by atoms with Crippen LogP contribution in [0.2, 0.25) is 0 Å². The number of carbonyl (C=O) groups excluding carboxylic acids is 1. The van der Waals surface area contributed by atoms with E-state index >= 15 is 0 Å². The molecule has 1 unspecified atom stereocenters. The fourth-order valence-corrected chi connectivity index (χ4v) is 2.60. The van der Waals surface area contributed by atoms with Crippen LogP contribution in [0.15, 0.2) is 24.3 Å². The van der Waals surface area contributed by atoms with Gasteiger partial charge < -0.3 is 4.90 Å². The van der Waals surface area contributed by atoms with Crippen LogP contribution in [0, 0.1) is 12.8 Å². The number of hydrogen-bond acceptors (Lipinski definition) is 1. The van der Waals surface area contributed by atoms with E-state index in [1.54, 1.807) is 0 Å². The number of nitrogens with zero attached hydrogens (tertiary/aromatic N) is 1. The molecule has 98 valence electrons. The number of aryl methyl sites for hydroxylation is 2. The molecule has 0 bridgehead atoms. The zero-order chi connectivity index (χ0) is 13.0. The van der Waals surface area contributed by atoms with E-state index in [1.807, 2.05) is 4.90 Å². The molecule has 0 aromatic heterocycles. The Balaban J connectivity index is 1.80. The molecule has 2 rings (SSSR count). The van der Waals surface area contributed by atoms with Crippen LogP contribution in [0.5, 0.6) is 0 Å². The van der Waals surface area contributed by atoms with Gasteiger partial charge in [0.05, 0.1) is 0 Å². The quantitative estimate of drug-likeness (QED) is 0.767. The van der Waals surface area contributed by atoms with Gasteiger partial charge in [-0.1, -0.05) is 29.8 Å². The van der Waals surface area contributed by atoms with E-state index in [0.29, 0.717) is 18.2 Å². The first-order chi connectivity index (χ1) is 8.69. The first-order valence-electron chi connectivity index (χ1n) is 6.58. The van der Waals surface area contributed by atoms with Gasteiger partial charge in [-0.05, 0) is 31.2 Å². The zero-order valence-electron chi connectivity index (χ0n) is 10.9. The Morgan fingerprint density at radius 2 is 2.11 bits per heavy atom. The van der Waals surface area contributed by atoms with E-state index in [4.69, 9.17) is 11.6 Å². The molecule has 1 aromatic rings. The van der Waals surface area contributed by atoms with Gasteiger partial charge in [-0.15, -0.1) is 11.6 Å². The summed E-state index contributed by atoms with van der Waals surface area (Å²) in [5.41, 5.74) is 2.50. The van der Waals surface area contributed by atoms with Crippen LogP contribution >= 0.6 is 11.6 Å². The number of halogens is 1. The summed E-state index contributed by atoms with van der Waals surface area (Å²) >= 11 is 5.83. The Labute approximate surface area is 114 Å². The number of amides is 1. The monoisotopic (exact) mass is 265 g/mol. The maximum Gasteiger partial charge on any atom is 0.222 e. The van der Waals surface area contributed by atoms with Crippen LogP contribution in [-0.4, -0.2) is 29.8 Å². The van der Waals surface area contributed by atoms with Crippen molar-refractivity contribution in [2.24, 2.45) is 5.92 Å². The van der Waals surface area contributed by atoms with Gasteiger partial charge in [0.25, 0.3) is 0 Å². The van der Waals surface area contributed by atoms with Crippen LogP contribution in [0.1, 0.15) is 24.0 Å². The summed E-state index contributed by atoms with van der Waals surface area (Å²) in [4.78, 5) is 14.0. The minimum atomic E-state index is 0.267. The molecule has 1 saturated heterocycles. The second-order valence-corrected chi connectivity index (χ2v) is 5.44. The maximum absolute atomic E-state index is 12.0. The average Bonchev–Trinajstić information content (AvgIpc) is 2.86. The molecule has 2 nitrogen and oxygen atoms in total. The second-order valence-electron chi connectivity index (χ2n) is 5.13. The molecule has 18 heavy (non-hydrogen) atoms. The van der Waals surface area contributed by atoms with Crippen LogP contribution in [0.3, 0.4) is 0 Å². The molecule has 0 aliphatic carbocycles.